The highest BCUT2D eigenvalue weighted by Crippen LogP contribution is 2.16. The molecular formula is C13H21BrIN3S. The zero-order chi connectivity index (χ0) is 13.5. The molecule has 0 aliphatic heterocycles. The van der Waals surface area contributed by atoms with E-state index in [4.69, 9.17) is 0 Å². The number of aryl methyl sites for hydroxylation is 1. The Labute approximate surface area is 145 Å². The van der Waals surface area contributed by atoms with E-state index >= 15 is 0 Å². The number of halogens is 2. The first-order valence-electron chi connectivity index (χ1n) is 5.87. The first-order valence-corrected chi connectivity index (χ1v) is 7.48. The van der Waals surface area contributed by atoms with Crippen LogP contribution in [0.5, 0.6) is 0 Å². The average Bonchev–Trinajstić information content (AvgIpc) is 2.69. The van der Waals surface area contributed by atoms with E-state index in [1.807, 2.05) is 11.3 Å². The second kappa shape index (κ2) is 9.77. The Morgan fingerprint density at radius 3 is 2.68 bits per heavy atom. The number of nitrogens with zero attached hydrogens (tertiary/aromatic N) is 1. The summed E-state index contributed by atoms with van der Waals surface area (Å²) in [5.41, 5.74) is 0. The predicted octanol–water partition coefficient (Wildman–Crippen LogP) is 3.68. The van der Waals surface area contributed by atoms with Crippen LogP contribution in [0.4, 0.5) is 0 Å². The summed E-state index contributed by atoms with van der Waals surface area (Å²) in [6.07, 6.45) is 1.01. The number of rotatable bonds is 5. The van der Waals surface area contributed by atoms with Gasteiger partial charge in [0.1, 0.15) is 0 Å². The van der Waals surface area contributed by atoms with E-state index in [9.17, 15) is 0 Å². The number of thiophene rings is 1. The van der Waals surface area contributed by atoms with Crippen LogP contribution in [0, 0.1) is 6.92 Å². The highest BCUT2D eigenvalue weighted by Gasteiger charge is 2.07. The van der Waals surface area contributed by atoms with Crippen LogP contribution in [0.1, 0.15) is 16.7 Å². The fourth-order valence-electron chi connectivity index (χ4n) is 1.56. The molecule has 0 saturated carbocycles. The van der Waals surface area contributed by atoms with Gasteiger partial charge in [0, 0.05) is 40.3 Å². The minimum atomic E-state index is 0. The third-order valence-electron chi connectivity index (χ3n) is 2.36. The number of aliphatic imine (C=N–C) groups is 1. The molecular weight excluding hydrogens is 437 g/mol. The van der Waals surface area contributed by atoms with Crippen molar-refractivity contribution in [3.05, 3.63) is 32.9 Å². The van der Waals surface area contributed by atoms with Crippen molar-refractivity contribution < 1.29 is 0 Å². The van der Waals surface area contributed by atoms with Crippen LogP contribution < -0.4 is 10.6 Å². The van der Waals surface area contributed by atoms with Crippen molar-refractivity contribution in [2.75, 3.05) is 13.6 Å². The van der Waals surface area contributed by atoms with Crippen molar-refractivity contribution in [2.45, 2.75) is 26.3 Å². The molecule has 0 aliphatic rings. The van der Waals surface area contributed by atoms with Crippen LogP contribution in [-0.2, 0) is 6.42 Å². The van der Waals surface area contributed by atoms with Gasteiger partial charge in [-0.05, 0) is 26.0 Å². The van der Waals surface area contributed by atoms with Crippen LogP contribution in [0.3, 0.4) is 0 Å². The lowest BCUT2D eigenvalue weighted by molar-refractivity contribution is 0.650. The van der Waals surface area contributed by atoms with E-state index in [-0.39, 0.29) is 24.0 Å². The van der Waals surface area contributed by atoms with Gasteiger partial charge in [0.05, 0.1) is 0 Å². The molecule has 1 unspecified atom stereocenters. The zero-order valence-electron chi connectivity index (χ0n) is 11.5. The van der Waals surface area contributed by atoms with E-state index in [0.29, 0.717) is 12.6 Å². The SMILES string of the molecule is C=C(Br)CNC(=NC)NC(C)Cc1ccc(C)s1.I. The topological polar surface area (TPSA) is 36.4 Å². The highest BCUT2D eigenvalue weighted by molar-refractivity contribution is 14.0. The summed E-state index contributed by atoms with van der Waals surface area (Å²) in [6, 6.07) is 4.70. The smallest absolute Gasteiger partial charge is 0.191 e. The van der Waals surface area contributed by atoms with Gasteiger partial charge in [-0.3, -0.25) is 4.99 Å². The van der Waals surface area contributed by atoms with E-state index in [1.54, 1.807) is 7.05 Å². The molecule has 2 N–H and O–H groups in total. The van der Waals surface area contributed by atoms with Crippen LogP contribution in [0.15, 0.2) is 28.2 Å². The number of nitrogens with one attached hydrogen (secondary N) is 2. The summed E-state index contributed by atoms with van der Waals surface area (Å²) in [5, 5.41) is 6.55. The second-order valence-electron chi connectivity index (χ2n) is 4.20. The van der Waals surface area contributed by atoms with Gasteiger partial charge >= 0.3 is 0 Å². The lowest BCUT2D eigenvalue weighted by Gasteiger charge is -2.17. The molecule has 19 heavy (non-hydrogen) atoms. The van der Waals surface area contributed by atoms with Gasteiger partial charge in [0.15, 0.2) is 5.96 Å². The Kier molecular flexibility index (Phi) is 9.72. The molecule has 0 spiro atoms. The quantitative estimate of drug-likeness (QED) is 0.402. The second-order valence-corrected chi connectivity index (χ2v) is 6.70. The standard InChI is InChI=1S/C13H20BrN3S.HI/c1-9(14)8-16-13(15-4)17-10(2)7-12-6-5-11(3)18-12;/h5-6,10H,1,7-8H2,2-4H3,(H2,15,16,17);1H. The van der Waals surface area contributed by atoms with Crippen molar-refractivity contribution >= 4 is 57.2 Å². The van der Waals surface area contributed by atoms with Crippen molar-refractivity contribution in [2.24, 2.45) is 4.99 Å². The van der Waals surface area contributed by atoms with Gasteiger partial charge in [-0.2, -0.15) is 0 Å². The molecule has 0 saturated heterocycles. The van der Waals surface area contributed by atoms with E-state index < -0.39 is 0 Å². The van der Waals surface area contributed by atoms with Crippen LogP contribution in [-0.4, -0.2) is 25.6 Å². The maximum Gasteiger partial charge on any atom is 0.191 e. The van der Waals surface area contributed by atoms with Crippen LogP contribution in [0.2, 0.25) is 0 Å². The van der Waals surface area contributed by atoms with E-state index in [2.05, 4.69) is 64.1 Å². The third kappa shape index (κ3) is 7.94. The van der Waals surface area contributed by atoms with E-state index in [0.717, 1.165) is 16.9 Å². The molecule has 3 nitrogen and oxygen atoms in total. The molecule has 1 aromatic rings. The van der Waals surface area contributed by atoms with Crippen molar-refractivity contribution in [1.29, 1.82) is 0 Å². The molecule has 1 atom stereocenters. The maximum atomic E-state index is 4.18. The van der Waals surface area contributed by atoms with Gasteiger partial charge in [0.25, 0.3) is 0 Å². The van der Waals surface area contributed by atoms with Gasteiger partial charge in [-0.15, -0.1) is 35.3 Å². The van der Waals surface area contributed by atoms with Crippen molar-refractivity contribution in [3.63, 3.8) is 0 Å². The molecule has 1 rings (SSSR count). The molecule has 0 bridgehead atoms. The number of hydrogen-bond donors (Lipinski definition) is 2. The summed E-state index contributed by atoms with van der Waals surface area (Å²) in [5.74, 6) is 0.802. The Morgan fingerprint density at radius 1 is 1.53 bits per heavy atom. The Hall–Kier alpha value is -0.0800. The highest BCUT2D eigenvalue weighted by atomic mass is 127. The largest absolute Gasteiger partial charge is 0.354 e. The summed E-state index contributed by atoms with van der Waals surface area (Å²) in [6.45, 7) is 8.75. The summed E-state index contributed by atoms with van der Waals surface area (Å²) >= 11 is 5.16. The molecule has 1 heterocycles. The Bertz CT molecular complexity index is 431. The molecule has 0 amide bonds. The third-order valence-corrected chi connectivity index (χ3v) is 3.66. The normalized spacial score (nSPS) is 12.5. The lowest BCUT2D eigenvalue weighted by Crippen LogP contribution is -2.43. The fourth-order valence-corrected chi connectivity index (χ4v) is 2.71. The predicted molar refractivity (Wildman–Crippen MR) is 100 cm³/mol. The van der Waals surface area contributed by atoms with Gasteiger partial charge in [-0.1, -0.05) is 22.5 Å². The molecule has 6 heteroatoms. The maximum absolute atomic E-state index is 4.18. The summed E-state index contributed by atoms with van der Waals surface area (Å²) in [4.78, 5) is 6.94. The first kappa shape index (κ1) is 18.9. The lowest BCUT2D eigenvalue weighted by atomic mass is 10.2. The Balaban J connectivity index is 0.00000324. The molecule has 1 aromatic heterocycles. The average molecular weight is 458 g/mol. The van der Waals surface area contributed by atoms with Crippen molar-refractivity contribution in [1.82, 2.24) is 10.6 Å². The molecule has 0 aliphatic carbocycles. The fraction of sp³-hybridized carbons (Fsp3) is 0.462. The Morgan fingerprint density at radius 2 is 2.21 bits per heavy atom. The molecule has 108 valence electrons. The molecule has 0 radical (unpaired) electrons. The first-order chi connectivity index (χ1) is 8.51. The van der Waals surface area contributed by atoms with Crippen LogP contribution in [0.25, 0.3) is 0 Å². The monoisotopic (exact) mass is 457 g/mol. The zero-order valence-corrected chi connectivity index (χ0v) is 16.2. The summed E-state index contributed by atoms with van der Waals surface area (Å²) in [7, 11) is 1.77. The van der Waals surface area contributed by atoms with Crippen LogP contribution >= 0.6 is 51.2 Å². The minimum Gasteiger partial charge on any atom is -0.354 e. The van der Waals surface area contributed by atoms with E-state index in [1.165, 1.54) is 9.75 Å². The van der Waals surface area contributed by atoms with Gasteiger partial charge in [0.2, 0.25) is 0 Å². The number of hydrogen-bond acceptors (Lipinski definition) is 2. The minimum absolute atomic E-state index is 0. The van der Waals surface area contributed by atoms with Gasteiger partial charge in [-0.25, -0.2) is 0 Å². The van der Waals surface area contributed by atoms with Crippen molar-refractivity contribution in [3.8, 4) is 0 Å². The molecule has 0 aromatic carbocycles. The van der Waals surface area contributed by atoms with Gasteiger partial charge < -0.3 is 10.6 Å². The number of guanidine groups is 1. The molecule has 0 fully saturated rings. The summed E-state index contributed by atoms with van der Waals surface area (Å²) < 4.78 is 0.909.